The van der Waals surface area contributed by atoms with Gasteiger partial charge >= 0.3 is 6.03 Å². The zero-order valence-corrected chi connectivity index (χ0v) is 14.1. The van der Waals surface area contributed by atoms with Crippen molar-refractivity contribution in [3.8, 4) is 5.75 Å². The zero-order valence-electron chi connectivity index (χ0n) is 14.1. The van der Waals surface area contributed by atoms with Gasteiger partial charge < -0.3 is 19.7 Å². The summed E-state index contributed by atoms with van der Waals surface area (Å²) < 4.78 is 24.9. The molecule has 1 aliphatic heterocycles. The summed E-state index contributed by atoms with van der Waals surface area (Å²) in [6.45, 7) is 2.05. The molecule has 2 amide bonds. The molecule has 0 unspecified atom stereocenters. The number of piperidine rings is 1. The van der Waals surface area contributed by atoms with Crippen molar-refractivity contribution < 1.29 is 18.7 Å². The van der Waals surface area contributed by atoms with Crippen LogP contribution < -0.4 is 10.1 Å². The van der Waals surface area contributed by atoms with Crippen LogP contribution >= 0.6 is 0 Å². The van der Waals surface area contributed by atoms with Gasteiger partial charge in [0, 0.05) is 37.9 Å². The monoisotopic (exact) mass is 336 g/mol. The number of benzene rings is 1. The normalized spacial score (nSPS) is 21.2. The fourth-order valence-corrected chi connectivity index (χ4v) is 3.17. The molecule has 1 saturated carbocycles. The van der Waals surface area contributed by atoms with Crippen LogP contribution in [0.5, 0.6) is 5.75 Å². The summed E-state index contributed by atoms with van der Waals surface area (Å²) in [4.78, 5) is 14.1. The Kier molecular flexibility index (Phi) is 5.56. The molecule has 1 saturated heterocycles. The minimum Gasteiger partial charge on any atom is -0.487 e. The Labute approximate surface area is 142 Å². The average Bonchev–Trinajstić information content (AvgIpc) is 2.53. The number of carbonyl (C=O) groups is 1. The second kappa shape index (κ2) is 7.83. The third kappa shape index (κ3) is 4.17. The van der Waals surface area contributed by atoms with Crippen LogP contribution in [0.25, 0.3) is 0 Å². The number of carbonyl (C=O) groups excluding carboxylic acids is 1. The van der Waals surface area contributed by atoms with Crippen LogP contribution in [0.1, 0.15) is 32.1 Å². The van der Waals surface area contributed by atoms with Crippen molar-refractivity contribution in [2.45, 2.75) is 38.2 Å². The molecule has 1 atom stereocenters. The lowest BCUT2D eigenvalue weighted by atomic mass is 9.96. The molecule has 1 N–H and O–H groups in total. The van der Waals surface area contributed by atoms with Crippen LogP contribution in [0.3, 0.4) is 0 Å². The van der Waals surface area contributed by atoms with Gasteiger partial charge in [0.15, 0.2) is 11.6 Å². The van der Waals surface area contributed by atoms with Crippen molar-refractivity contribution >= 4 is 11.7 Å². The molecule has 0 radical (unpaired) electrons. The molecule has 1 aromatic rings. The predicted octanol–water partition coefficient (Wildman–Crippen LogP) is 3.65. The van der Waals surface area contributed by atoms with Gasteiger partial charge in [0.2, 0.25) is 0 Å². The van der Waals surface area contributed by atoms with Crippen LogP contribution in [0.2, 0.25) is 0 Å². The molecule has 2 fully saturated rings. The second-order valence-electron chi connectivity index (χ2n) is 6.66. The van der Waals surface area contributed by atoms with E-state index in [1.165, 1.54) is 6.07 Å². The van der Waals surface area contributed by atoms with E-state index in [0.717, 1.165) is 38.6 Å². The molecule has 1 heterocycles. The number of nitrogens with zero attached hydrogens (tertiary/aromatic N) is 1. The maximum Gasteiger partial charge on any atom is 0.321 e. The molecule has 0 spiro atoms. The minimum atomic E-state index is -0.435. The first-order valence-corrected chi connectivity index (χ1v) is 8.67. The first-order chi connectivity index (χ1) is 11.7. The van der Waals surface area contributed by atoms with Gasteiger partial charge in [0.05, 0.1) is 12.7 Å². The van der Waals surface area contributed by atoms with Gasteiger partial charge in [-0.15, -0.1) is 0 Å². The van der Waals surface area contributed by atoms with E-state index in [-0.39, 0.29) is 17.9 Å². The second-order valence-corrected chi connectivity index (χ2v) is 6.66. The number of methoxy groups -OCH3 is 1. The number of halogens is 1. The van der Waals surface area contributed by atoms with Crippen molar-refractivity contribution in [2.24, 2.45) is 5.92 Å². The largest absolute Gasteiger partial charge is 0.487 e. The first-order valence-electron chi connectivity index (χ1n) is 8.67. The van der Waals surface area contributed by atoms with E-state index in [0.29, 0.717) is 24.8 Å². The number of amides is 2. The highest BCUT2D eigenvalue weighted by Gasteiger charge is 2.24. The topological polar surface area (TPSA) is 50.8 Å². The predicted molar refractivity (Wildman–Crippen MR) is 89.9 cm³/mol. The maximum absolute atomic E-state index is 14.1. The van der Waals surface area contributed by atoms with Gasteiger partial charge in [0.25, 0.3) is 0 Å². The lowest BCUT2D eigenvalue weighted by Crippen LogP contribution is -2.43. The molecule has 1 aromatic carbocycles. The lowest BCUT2D eigenvalue weighted by Gasteiger charge is -2.32. The summed E-state index contributed by atoms with van der Waals surface area (Å²) >= 11 is 0. The van der Waals surface area contributed by atoms with Crippen LogP contribution in [0.4, 0.5) is 14.9 Å². The van der Waals surface area contributed by atoms with Gasteiger partial charge in [-0.1, -0.05) is 0 Å². The van der Waals surface area contributed by atoms with Gasteiger partial charge in [-0.2, -0.15) is 0 Å². The maximum atomic E-state index is 14.1. The molecule has 1 aliphatic carbocycles. The number of anilines is 1. The Hall–Kier alpha value is -1.82. The van der Waals surface area contributed by atoms with Crippen LogP contribution in [-0.2, 0) is 4.74 Å². The van der Waals surface area contributed by atoms with Gasteiger partial charge in [-0.25, -0.2) is 9.18 Å². The van der Waals surface area contributed by atoms with Crippen LogP contribution in [-0.4, -0.2) is 43.8 Å². The molecule has 2 aliphatic rings. The third-order valence-corrected chi connectivity index (χ3v) is 4.74. The molecule has 0 bridgehead atoms. The van der Waals surface area contributed by atoms with E-state index in [9.17, 15) is 9.18 Å². The Bertz CT molecular complexity index is 575. The lowest BCUT2D eigenvalue weighted by molar-refractivity contribution is 0.104. The third-order valence-electron chi connectivity index (χ3n) is 4.74. The van der Waals surface area contributed by atoms with Crippen molar-refractivity contribution in [3.63, 3.8) is 0 Å². The number of hydrogen-bond donors (Lipinski definition) is 1. The summed E-state index contributed by atoms with van der Waals surface area (Å²) in [6.07, 6.45) is 5.26. The van der Waals surface area contributed by atoms with Gasteiger partial charge in [0.1, 0.15) is 0 Å². The Balaban J connectivity index is 1.56. The van der Waals surface area contributed by atoms with E-state index in [4.69, 9.17) is 9.47 Å². The van der Waals surface area contributed by atoms with E-state index in [2.05, 4.69) is 5.32 Å². The quantitative estimate of drug-likeness (QED) is 0.893. The van der Waals surface area contributed by atoms with Gasteiger partial charge in [-0.05, 0) is 44.2 Å². The van der Waals surface area contributed by atoms with E-state index >= 15 is 0 Å². The van der Waals surface area contributed by atoms with Gasteiger partial charge in [-0.3, -0.25) is 0 Å². The molecule has 3 rings (SSSR count). The standard InChI is InChI=1S/C18H25FN2O3/c1-23-12-13-4-3-9-21(11-13)18(22)20-14-7-8-17(16(19)10-14)24-15-5-2-6-15/h7-8,10,13,15H,2-6,9,11-12H2,1H3,(H,20,22)/t13-/m1/s1. The number of rotatable bonds is 5. The molecular formula is C18H25FN2O3. The number of ether oxygens (including phenoxy) is 2. The molecule has 5 nitrogen and oxygen atoms in total. The number of nitrogens with one attached hydrogen (secondary N) is 1. The summed E-state index contributed by atoms with van der Waals surface area (Å²) in [5.41, 5.74) is 0.451. The molecule has 0 aromatic heterocycles. The highest BCUT2D eigenvalue weighted by molar-refractivity contribution is 5.89. The van der Waals surface area contributed by atoms with Crippen molar-refractivity contribution in [2.75, 3.05) is 32.1 Å². The average molecular weight is 336 g/mol. The summed E-state index contributed by atoms with van der Waals surface area (Å²) in [5.74, 6) is 0.191. The Morgan fingerprint density at radius 2 is 2.17 bits per heavy atom. The van der Waals surface area contributed by atoms with E-state index in [1.54, 1.807) is 24.1 Å². The smallest absolute Gasteiger partial charge is 0.321 e. The summed E-state index contributed by atoms with van der Waals surface area (Å²) in [7, 11) is 1.68. The number of hydrogen-bond acceptors (Lipinski definition) is 3. The fourth-order valence-electron chi connectivity index (χ4n) is 3.17. The SMILES string of the molecule is COC[C@@H]1CCCN(C(=O)Nc2ccc(OC3CCC3)c(F)c2)C1. The highest BCUT2D eigenvalue weighted by Crippen LogP contribution is 2.28. The Morgan fingerprint density at radius 3 is 2.83 bits per heavy atom. The molecule has 24 heavy (non-hydrogen) atoms. The van der Waals surface area contributed by atoms with Crippen molar-refractivity contribution in [1.29, 1.82) is 0 Å². The zero-order chi connectivity index (χ0) is 16.9. The Morgan fingerprint density at radius 1 is 1.33 bits per heavy atom. The minimum absolute atomic E-state index is 0.131. The summed E-state index contributed by atoms with van der Waals surface area (Å²) in [6, 6.07) is 4.41. The fraction of sp³-hybridized carbons (Fsp3) is 0.611. The van der Waals surface area contributed by atoms with Crippen LogP contribution in [0.15, 0.2) is 18.2 Å². The van der Waals surface area contributed by atoms with E-state index in [1.807, 2.05) is 0 Å². The molecule has 132 valence electrons. The van der Waals surface area contributed by atoms with Crippen molar-refractivity contribution in [3.05, 3.63) is 24.0 Å². The number of likely N-dealkylation sites (tertiary alicyclic amines) is 1. The van der Waals surface area contributed by atoms with E-state index < -0.39 is 5.82 Å². The first kappa shape index (κ1) is 17.0. The summed E-state index contributed by atoms with van der Waals surface area (Å²) in [5, 5.41) is 2.77. The van der Waals surface area contributed by atoms with Crippen molar-refractivity contribution in [1.82, 2.24) is 4.90 Å². The number of urea groups is 1. The molecule has 6 heteroatoms. The highest BCUT2D eigenvalue weighted by atomic mass is 19.1. The van der Waals surface area contributed by atoms with Crippen LogP contribution in [0, 0.1) is 11.7 Å². The molecular weight excluding hydrogens is 311 g/mol.